The van der Waals surface area contributed by atoms with Gasteiger partial charge in [-0.3, -0.25) is 4.90 Å². The molecule has 4 aromatic rings. The van der Waals surface area contributed by atoms with Gasteiger partial charge in [-0.1, -0.05) is 24.3 Å². The first-order valence-electron chi connectivity index (χ1n) is 11.0. The number of methoxy groups -OCH3 is 1. The van der Waals surface area contributed by atoms with Gasteiger partial charge >= 0.3 is 0 Å². The third-order valence-corrected chi connectivity index (χ3v) is 6.65. The fourth-order valence-electron chi connectivity index (χ4n) is 4.34. The SMILES string of the molecule is COc1cccc(CN2CCC(Nc3cc(-c4ccccc4O)nc4c(Br)cnn34)CC2)c1. The molecular formula is C25H26BrN5O2. The lowest BCUT2D eigenvalue weighted by Crippen LogP contribution is -2.39. The third kappa shape index (κ3) is 4.67. The van der Waals surface area contributed by atoms with E-state index in [9.17, 15) is 5.11 Å². The molecule has 0 atom stereocenters. The lowest BCUT2D eigenvalue weighted by atomic mass is 10.0. The number of benzene rings is 2. The van der Waals surface area contributed by atoms with Gasteiger partial charge in [-0.25, -0.2) is 4.98 Å². The Hall–Kier alpha value is -3.10. The number of nitrogens with one attached hydrogen (secondary N) is 1. The maximum absolute atomic E-state index is 10.3. The topological polar surface area (TPSA) is 74.9 Å². The van der Waals surface area contributed by atoms with E-state index in [2.05, 4.69) is 43.4 Å². The number of aromatic nitrogens is 3. The van der Waals surface area contributed by atoms with Crippen LogP contribution in [0.5, 0.6) is 11.5 Å². The summed E-state index contributed by atoms with van der Waals surface area (Å²) in [5, 5.41) is 18.5. The Kier molecular flexibility index (Phi) is 6.20. The number of rotatable bonds is 6. The molecule has 170 valence electrons. The van der Waals surface area contributed by atoms with Gasteiger partial charge in [0.2, 0.25) is 0 Å². The molecule has 1 fully saturated rings. The Morgan fingerprint density at radius 2 is 1.94 bits per heavy atom. The molecule has 1 aliphatic rings. The minimum atomic E-state index is 0.210. The number of likely N-dealkylation sites (tertiary alicyclic amines) is 1. The molecule has 0 amide bonds. The Morgan fingerprint density at radius 1 is 1.12 bits per heavy atom. The zero-order valence-corrected chi connectivity index (χ0v) is 20.0. The van der Waals surface area contributed by atoms with Crippen molar-refractivity contribution >= 4 is 27.4 Å². The largest absolute Gasteiger partial charge is 0.507 e. The molecule has 2 aromatic heterocycles. The predicted octanol–water partition coefficient (Wildman–Crippen LogP) is 4.95. The number of phenolic OH excluding ortho intramolecular Hbond substituents is 1. The molecule has 1 aliphatic heterocycles. The van der Waals surface area contributed by atoms with Crippen LogP contribution >= 0.6 is 15.9 Å². The molecule has 1 saturated heterocycles. The molecule has 8 heteroatoms. The minimum absolute atomic E-state index is 0.210. The van der Waals surface area contributed by atoms with Crippen molar-refractivity contribution in [2.24, 2.45) is 0 Å². The Labute approximate surface area is 201 Å². The van der Waals surface area contributed by atoms with E-state index in [4.69, 9.17) is 9.72 Å². The Morgan fingerprint density at radius 3 is 2.73 bits per heavy atom. The van der Waals surface area contributed by atoms with Crippen molar-refractivity contribution in [1.82, 2.24) is 19.5 Å². The van der Waals surface area contributed by atoms with E-state index >= 15 is 0 Å². The number of fused-ring (bicyclic) bond motifs is 1. The summed E-state index contributed by atoms with van der Waals surface area (Å²) >= 11 is 3.55. The summed E-state index contributed by atoms with van der Waals surface area (Å²) in [6.45, 7) is 2.95. The van der Waals surface area contributed by atoms with E-state index in [0.717, 1.165) is 48.5 Å². The van der Waals surface area contributed by atoms with Gasteiger partial charge in [-0.2, -0.15) is 9.61 Å². The lowest BCUT2D eigenvalue weighted by molar-refractivity contribution is 0.211. The summed E-state index contributed by atoms with van der Waals surface area (Å²) in [5.74, 6) is 1.98. The van der Waals surface area contributed by atoms with Gasteiger partial charge in [-0.15, -0.1) is 0 Å². The quantitative estimate of drug-likeness (QED) is 0.384. The molecule has 0 saturated carbocycles. The van der Waals surface area contributed by atoms with Crippen LogP contribution in [0.3, 0.4) is 0 Å². The molecule has 2 aromatic carbocycles. The normalized spacial score (nSPS) is 15.1. The number of hydrogen-bond donors (Lipinski definition) is 2. The molecular weight excluding hydrogens is 482 g/mol. The molecule has 0 bridgehead atoms. The van der Waals surface area contributed by atoms with E-state index in [1.807, 2.05) is 40.9 Å². The van der Waals surface area contributed by atoms with Crippen LogP contribution in [0.15, 0.2) is 65.3 Å². The second-order valence-electron chi connectivity index (χ2n) is 8.32. The Bertz CT molecular complexity index is 1270. The number of nitrogens with zero attached hydrogens (tertiary/aromatic N) is 4. The van der Waals surface area contributed by atoms with Crippen molar-refractivity contribution in [3.63, 3.8) is 0 Å². The first kappa shape index (κ1) is 21.7. The highest BCUT2D eigenvalue weighted by Crippen LogP contribution is 2.31. The van der Waals surface area contributed by atoms with Gasteiger partial charge in [0.15, 0.2) is 5.65 Å². The van der Waals surface area contributed by atoms with Gasteiger partial charge in [0.25, 0.3) is 0 Å². The van der Waals surface area contributed by atoms with E-state index in [0.29, 0.717) is 22.9 Å². The molecule has 0 aliphatic carbocycles. The molecule has 0 radical (unpaired) electrons. The predicted molar refractivity (Wildman–Crippen MR) is 133 cm³/mol. The number of para-hydroxylation sites is 1. The van der Waals surface area contributed by atoms with Gasteiger partial charge in [0.1, 0.15) is 17.3 Å². The van der Waals surface area contributed by atoms with Crippen LogP contribution in [-0.2, 0) is 6.54 Å². The lowest BCUT2D eigenvalue weighted by Gasteiger charge is -2.33. The van der Waals surface area contributed by atoms with Crippen LogP contribution in [0.1, 0.15) is 18.4 Å². The summed E-state index contributed by atoms with van der Waals surface area (Å²) in [6, 6.07) is 17.8. The van der Waals surface area contributed by atoms with Crippen molar-refractivity contribution in [2.45, 2.75) is 25.4 Å². The number of piperidine rings is 1. The van der Waals surface area contributed by atoms with Gasteiger partial charge in [0.05, 0.1) is 23.5 Å². The van der Waals surface area contributed by atoms with Gasteiger partial charge in [0, 0.05) is 37.3 Å². The van der Waals surface area contributed by atoms with Crippen LogP contribution in [0.4, 0.5) is 5.82 Å². The summed E-state index contributed by atoms with van der Waals surface area (Å²) in [7, 11) is 1.70. The van der Waals surface area contributed by atoms with E-state index in [1.165, 1.54) is 5.56 Å². The highest BCUT2D eigenvalue weighted by atomic mass is 79.9. The van der Waals surface area contributed by atoms with Crippen LogP contribution in [0.25, 0.3) is 16.9 Å². The van der Waals surface area contributed by atoms with E-state index in [1.54, 1.807) is 19.4 Å². The smallest absolute Gasteiger partial charge is 0.172 e. The second-order valence-corrected chi connectivity index (χ2v) is 9.17. The molecule has 0 spiro atoms. The third-order valence-electron chi connectivity index (χ3n) is 6.09. The zero-order chi connectivity index (χ0) is 22.8. The van der Waals surface area contributed by atoms with Crippen LogP contribution < -0.4 is 10.1 Å². The van der Waals surface area contributed by atoms with Crippen molar-refractivity contribution in [3.05, 3.63) is 70.8 Å². The number of anilines is 1. The monoisotopic (exact) mass is 507 g/mol. The number of halogens is 1. The highest BCUT2D eigenvalue weighted by molar-refractivity contribution is 9.10. The van der Waals surface area contributed by atoms with Gasteiger partial charge < -0.3 is 15.2 Å². The Balaban J connectivity index is 1.32. The van der Waals surface area contributed by atoms with E-state index < -0.39 is 0 Å². The summed E-state index contributed by atoms with van der Waals surface area (Å²) in [6.07, 6.45) is 3.81. The average Bonchev–Trinajstić information content (AvgIpc) is 3.22. The van der Waals surface area contributed by atoms with Crippen LogP contribution in [0.2, 0.25) is 0 Å². The highest BCUT2D eigenvalue weighted by Gasteiger charge is 2.21. The first-order valence-corrected chi connectivity index (χ1v) is 11.8. The fraction of sp³-hybridized carbons (Fsp3) is 0.280. The number of hydrogen-bond acceptors (Lipinski definition) is 6. The van der Waals surface area contributed by atoms with Crippen molar-refractivity contribution in [3.8, 4) is 22.8 Å². The molecule has 2 N–H and O–H groups in total. The van der Waals surface area contributed by atoms with Crippen LogP contribution in [0, 0.1) is 0 Å². The van der Waals surface area contributed by atoms with Crippen molar-refractivity contribution in [1.29, 1.82) is 0 Å². The number of phenols is 1. The average molecular weight is 508 g/mol. The van der Waals surface area contributed by atoms with Crippen LogP contribution in [-0.4, -0.2) is 50.8 Å². The maximum atomic E-state index is 10.3. The fourth-order valence-corrected chi connectivity index (χ4v) is 4.69. The summed E-state index contributed by atoms with van der Waals surface area (Å²) in [4.78, 5) is 7.21. The van der Waals surface area contributed by atoms with Gasteiger partial charge in [-0.05, 0) is 58.6 Å². The molecule has 3 heterocycles. The molecule has 33 heavy (non-hydrogen) atoms. The number of ether oxygens (including phenoxy) is 1. The zero-order valence-electron chi connectivity index (χ0n) is 18.4. The maximum Gasteiger partial charge on any atom is 0.172 e. The molecule has 0 unspecified atom stereocenters. The summed E-state index contributed by atoms with van der Waals surface area (Å²) < 4.78 is 7.98. The first-order chi connectivity index (χ1) is 16.1. The van der Waals surface area contributed by atoms with Crippen molar-refractivity contribution < 1.29 is 9.84 Å². The minimum Gasteiger partial charge on any atom is -0.507 e. The summed E-state index contributed by atoms with van der Waals surface area (Å²) in [5.41, 5.74) is 3.39. The molecule has 5 rings (SSSR count). The van der Waals surface area contributed by atoms with Crippen molar-refractivity contribution in [2.75, 3.05) is 25.5 Å². The van der Waals surface area contributed by atoms with E-state index in [-0.39, 0.29) is 5.75 Å². The standard InChI is InChI=1S/C25H26BrN5O2/c1-33-19-6-4-5-17(13-19)16-30-11-9-18(10-12-30)28-24-14-22(20-7-2-3-8-23(20)32)29-25-21(26)15-27-31(24)25/h2-8,13-15,18,28,32H,9-12,16H2,1H3. The number of aromatic hydroxyl groups is 1. The molecule has 7 nitrogen and oxygen atoms in total. The second kappa shape index (κ2) is 9.41.